The Bertz CT molecular complexity index is 110. The van der Waals surface area contributed by atoms with Gasteiger partial charge in [0, 0.05) is 19.0 Å². The summed E-state index contributed by atoms with van der Waals surface area (Å²) in [5.41, 5.74) is 0. The maximum absolute atomic E-state index is 10.2. The van der Waals surface area contributed by atoms with Crippen LogP contribution in [0.2, 0.25) is 0 Å². The Kier molecular flexibility index (Phi) is 3.00. The topological polar surface area (TPSA) is 20.3 Å². The number of likely N-dealkylation sites (tertiary alicyclic amines) is 1. The molecule has 1 saturated heterocycles. The highest BCUT2D eigenvalue weighted by molar-refractivity contribution is 6.18. The molecule has 1 fully saturated rings. The van der Waals surface area contributed by atoms with Gasteiger partial charge >= 0.3 is 0 Å². The Morgan fingerprint density at radius 3 is 2.50 bits per heavy atom. The summed E-state index contributed by atoms with van der Waals surface area (Å²) < 4.78 is 0. The molecule has 0 aromatic heterocycles. The minimum absolute atomic E-state index is 0.637. The summed E-state index contributed by atoms with van der Waals surface area (Å²) in [5, 5.41) is 0. The summed E-state index contributed by atoms with van der Waals surface area (Å²) in [6.07, 6.45) is 3.06. The molecule has 1 heterocycles. The number of nitrogens with zero attached hydrogens (tertiary/aromatic N) is 1. The van der Waals surface area contributed by atoms with Gasteiger partial charge in [0.25, 0.3) is 0 Å². The predicted molar refractivity (Wildman–Crippen MR) is 41.1 cm³/mol. The Balaban J connectivity index is 2.23. The van der Waals surface area contributed by atoms with Crippen LogP contribution in [-0.4, -0.2) is 30.3 Å². The lowest BCUT2D eigenvalue weighted by molar-refractivity contribution is -0.119. The monoisotopic (exact) mass is 161 g/mol. The number of alkyl halides is 1. The molecule has 3 heteroatoms. The van der Waals surface area contributed by atoms with Crippen LogP contribution in [0.15, 0.2) is 0 Å². The predicted octanol–water partition coefficient (Wildman–Crippen LogP) is 1.09. The second-order valence-electron chi connectivity index (χ2n) is 2.74. The van der Waals surface area contributed by atoms with Gasteiger partial charge in [0.15, 0.2) is 0 Å². The lowest BCUT2D eigenvalue weighted by atomic mass is 10.00. The smallest absolute Gasteiger partial charge is 0.209 e. The highest BCUT2D eigenvalue weighted by atomic mass is 35.5. The van der Waals surface area contributed by atoms with Crippen molar-refractivity contribution < 1.29 is 4.79 Å². The zero-order valence-electron chi connectivity index (χ0n) is 5.92. The van der Waals surface area contributed by atoms with Crippen LogP contribution in [0, 0.1) is 5.92 Å². The number of piperidine rings is 1. The summed E-state index contributed by atoms with van der Waals surface area (Å²) in [7, 11) is 0. The lowest BCUT2D eigenvalue weighted by Gasteiger charge is -2.27. The minimum Gasteiger partial charge on any atom is -0.345 e. The highest BCUT2D eigenvalue weighted by Crippen LogP contribution is 2.16. The van der Waals surface area contributed by atoms with Crippen molar-refractivity contribution in [2.24, 2.45) is 5.92 Å². The van der Waals surface area contributed by atoms with Crippen LogP contribution < -0.4 is 0 Å². The normalized spacial score (nSPS) is 21.1. The summed E-state index contributed by atoms with van der Waals surface area (Å²) in [5.74, 6) is 1.38. The standard InChI is InChI=1S/C7H12ClNO/c8-5-7-1-3-9(6-10)4-2-7/h6-7H,1-5H2. The number of carbonyl (C=O) groups excluding carboxylic acids is 1. The van der Waals surface area contributed by atoms with Gasteiger partial charge in [-0.15, -0.1) is 11.6 Å². The van der Waals surface area contributed by atoms with E-state index in [1.807, 2.05) is 4.90 Å². The molecule has 0 atom stereocenters. The van der Waals surface area contributed by atoms with E-state index >= 15 is 0 Å². The Morgan fingerprint density at radius 2 is 2.10 bits per heavy atom. The largest absolute Gasteiger partial charge is 0.345 e. The number of carbonyl (C=O) groups is 1. The van der Waals surface area contributed by atoms with E-state index in [0.29, 0.717) is 5.92 Å². The lowest BCUT2D eigenvalue weighted by Crippen LogP contribution is -2.32. The van der Waals surface area contributed by atoms with Gasteiger partial charge in [-0.25, -0.2) is 0 Å². The van der Waals surface area contributed by atoms with E-state index in [9.17, 15) is 4.79 Å². The average Bonchev–Trinajstić information content (AvgIpc) is 2.05. The Hall–Kier alpha value is -0.240. The van der Waals surface area contributed by atoms with Crippen molar-refractivity contribution in [3.63, 3.8) is 0 Å². The fourth-order valence-electron chi connectivity index (χ4n) is 1.21. The second kappa shape index (κ2) is 3.81. The van der Waals surface area contributed by atoms with Gasteiger partial charge in [-0.2, -0.15) is 0 Å². The average molecular weight is 162 g/mol. The first-order valence-electron chi connectivity index (χ1n) is 3.62. The van der Waals surface area contributed by atoms with E-state index in [-0.39, 0.29) is 0 Å². The van der Waals surface area contributed by atoms with Gasteiger partial charge in [-0.05, 0) is 18.8 Å². The first-order chi connectivity index (χ1) is 4.86. The molecule has 58 valence electrons. The number of halogens is 1. The second-order valence-corrected chi connectivity index (χ2v) is 3.05. The number of hydrogen-bond donors (Lipinski definition) is 0. The molecule has 2 nitrogen and oxygen atoms in total. The van der Waals surface area contributed by atoms with Crippen molar-refractivity contribution in [3.05, 3.63) is 0 Å². The summed E-state index contributed by atoms with van der Waals surface area (Å²) in [6.45, 7) is 1.78. The molecule has 0 unspecified atom stereocenters. The third-order valence-electron chi connectivity index (χ3n) is 2.02. The van der Waals surface area contributed by atoms with Crippen LogP contribution in [0.4, 0.5) is 0 Å². The molecule has 0 bridgehead atoms. The molecule has 1 rings (SSSR count). The molecular formula is C7H12ClNO. The molecule has 0 aromatic rings. The van der Waals surface area contributed by atoms with Crippen molar-refractivity contribution in [1.29, 1.82) is 0 Å². The zero-order chi connectivity index (χ0) is 7.40. The molecule has 0 radical (unpaired) electrons. The molecule has 0 aromatic carbocycles. The van der Waals surface area contributed by atoms with Gasteiger partial charge in [-0.1, -0.05) is 0 Å². The van der Waals surface area contributed by atoms with Gasteiger partial charge < -0.3 is 4.90 Å². The van der Waals surface area contributed by atoms with Crippen molar-refractivity contribution in [2.45, 2.75) is 12.8 Å². The summed E-state index contributed by atoms with van der Waals surface area (Å²) >= 11 is 5.66. The van der Waals surface area contributed by atoms with Crippen molar-refractivity contribution >= 4 is 18.0 Å². The molecule has 10 heavy (non-hydrogen) atoms. The minimum atomic E-state index is 0.637. The molecule has 0 N–H and O–H groups in total. The van der Waals surface area contributed by atoms with E-state index < -0.39 is 0 Å². The van der Waals surface area contributed by atoms with Gasteiger partial charge in [0.2, 0.25) is 6.41 Å². The fraction of sp³-hybridized carbons (Fsp3) is 0.857. The zero-order valence-corrected chi connectivity index (χ0v) is 6.68. The molecular weight excluding hydrogens is 150 g/mol. The maximum Gasteiger partial charge on any atom is 0.209 e. The van der Waals surface area contributed by atoms with Gasteiger partial charge in [-0.3, -0.25) is 4.79 Å². The number of amides is 1. The van der Waals surface area contributed by atoms with Crippen molar-refractivity contribution in [1.82, 2.24) is 4.90 Å². The van der Waals surface area contributed by atoms with Crippen molar-refractivity contribution in [3.8, 4) is 0 Å². The van der Waals surface area contributed by atoms with Crippen molar-refractivity contribution in [2.75, 3.05) is 19.0 Å². The number of hydrogen-bond acceptors (Lipinski definition) is 1. The Morgan fingerprint density at radius 1 is 1.50 bits per heavy atom. The van der Waals surface area contributed by atoms with E-state index in [4.69, 9.17) is 11.6 Å². The molecule has 0 saturated carbocycles. The summed E-state index contributed by atoms with van der Waals surface area (Å²) in [6, 6.07) is 0. The highest BCUT2D eigenvalue weighted by Gasteiger charge is 2.16. The molecule has 1 amide bonds. The van der Waals surface area contributed by atoms with Crippen LogP contribution >= 0.6 is 11.6 Å². The van der Waals surface area contributed by atoms with E-state index in [2.05, 4.69) is 0 Å². The third kappa shape index (κ3) is 1.87. The molecule has 1 aliphatic heterocycles. The molecule has 0 aliphatic carbocycles. The van der Waals surface area contributed by atoms with Crippen LogP contribution in [0.5, 0.6) is 0 Å². The first-order valence-corrected chi connectivity index (χ1v) is 4.15. The van der Waals surface area contributed by atoms with Crippen LogP contribution in [0.1, 0.15) is 12.8 Å². The van der Waals surface area contributed by atoms with Crippen LogP contribution in [-0.2, 0) is 4.79 Å². The van der Waals surface area contributed by atoms with Gasteiger partial charge in [0.1, 0.15) is 0 Å². The number of rotatable bonds is 2. The van der Waals surface area contributed by atoms with Crippen LogP contribution in [0.3, 0.4) is 0 Å². The van der Waals surface area contributed by atoms with E-state index in [1.165, 1.54) is 0 Å². The summed E-state index contributed by atoms with van der Waals surface area (Å²) in [4.78, 5) is 12.1. The SMILES string of the molecule is O=CN1CCC(CCl)CC1. The third-order valence-corrected chi connectivity index (χ3v) is 2.45. The van der Waals surface area contributed by atoms with E-state index in [1.54, 1.807) is 0 Å². The van der Waals surface area contributed by atoms with Crippen LogP contribution in [0.25, 0.3) is 0 Å². The maximum atomic E-state index is 10.2. The Labute approximate surface area is 66.1 Å². The molecule has 1 aliphatic rings. The molecule has 0 spiro atoms. The quantitative estimate of drug-likeness (QED) is 0.439. The fourth-order valence-corrected chi connectivity index (χ4v) is 1.52. The first kappa shape index (κ1) is 7.86. The van der Waals surface area contributed by atoms with E-state index in [0.717, 1.165) is 38.2 Å². The van der Waals surface area contributed by atoms with Gasteiger partial charge in [0.05, 0.1) is 0 Å².